The number of carbonyl (C=O) groups excluding carboxylic acids is 3. The van der Waals surface area contributed by atoms with Crippen LogP contribution >= 0.6 is 22.9 Å². The van der Waals surface area contributed by atoms with Crippen LogP contribution in [0.1, 0.15) is 62.3 Å². The van der Waals surface area contributed by atoms with E-state index in [0.717, 1.165) is 42.1 Å². The Bertz CT molecular complexity index is 1270. The smallest absolute Gasteiger partial charge is 0.270 e. The summed E-state index contributed by atoms with van der Waals surface area (Å²) in [5.41, 5.74) is 11.8. The second-order valence-electron chi connectivity index (χ2n) is 8.66. The van der Waals surface area contributed by atoms with Crippen molar-refractivity contribution in [3.8, 4) is 11.5 Å². The number of primary amides is 1. The van der Waals surface area contributed by atoms with Crippen LogP contribution in [0.25, 0.3) is 0 Å². The minimum Gasteiger partial charge on any atom is -0.493 e. The van der Waals surface area contributed by atoms with E-state index < -0.39 is 17.9 Å². The monoisotopic (exact) mass is 543 g/mol. The van der Waals surface area contributed by atoms with Crippen molar-refractivity contribution in [1.29, 1.82) is 0 Å². The highest BCUT2D eigenvalue weighted by Gasteiger charge is 2.36. The number of methoxy groups -OCH3 is 2. The second kappa shape index (κ2) is 11.6. The number of hydrogen-bond donors (Lipinski definition) is 3. The molecule has 1 aliphatic rings. The fraction of sp³-hybridized carbons (Fsp3) is 0.360. The summed E-state index contributed by atoms with van der Waals surface area (Å²) in [6.07, 6.45) is 3.84. The number of nitrogens with zero attached hydrogens (tertiary/aromatic N) is 2. The van der Waals surface area contributed by atoms with E-state index in [0.29, 0.717) is 17.1 Å². The van der Waals surface area contributed by atoms with E-state index in [2.05, 4.69) is 9.69 Å². The lowest BCUT2D eigenvalue weighted by molar-refractivity contribution is -0.126. The number of nitrogens with two attached hydrogens (primary N) is 2. The van der Waals surface area contributed by atoms with Crippen LogP contribution in [0.4, 0.5) is 5.69 Å². The highest BCUT2D eigenvalue weighted by Crippen LogP contribution is 2.35. The van der Waals surface area contributed by atoms with Gasteiger partial charge in [0.05, 0.1) is 26.5 Å². The van der Waals surface area contributed by atoms with Crippen molar-refractivity contribution < 1.29 is 23.9 Å². The van der Waals surface area contributed by atoms with Crippen molar-refractivity contribution in [2.45, 2.75) is 44.3 Å². The lowest BCUT2D eigenvalue weighted by Crippen LogP contribution is -2.45. The molecule has 0 bridgehead atoms. The predicted octanol–water partition coefficient (Wildman–Crippen LogP) is 3.35. The van der Waals surface area contributed by atoms with Gasteiger partial charge in [-0.3, -0.25) is 14.4 Å². The number of anilines is 1. The van der Waals surface area contributed by atoms with E-state index >= 15 is 0 Å². The molecule has 10 nitrogen and oxygen atoms in total. The van der Waals surface area contributed by atoms with Gasteiger partial charge < -0.3 is 31.2 Å². The van der Waals surface area contributed by atoms with E-state index in [1.165, 1.54) is 30.5 Å². The molecule has 1 atom stereocenters. The molecule has 12 heteroatoms. The summed E-state index contributed by atoms with van der Waals surface area (Å²) < 4.78 is 14.8. The molecule has 0 aliphatic heterocycles. The quantitative estimate of drug-likeness (QED) is 0.355. The predicted molar refractivity (Wildman–Crippen MR) is 142 cm³/mol. The van der Waals surface area contributed by atoms with Gasteiger partial charge in [0, 0.05) is 10.9 Å². The van der Waals surface area contributed by atoms with Crippen LogP contribution in [0.2, 0.25) is 0 Å². The van der Waals surface area contributed by atoms with E-state index in [4.69, 9.17) is 20.9 Å². The van der Waals surface area contributed by atoms with Gasteiger partial charge in [-0.15, -0.1) is 11.3 Å². The van der Waals surface area contributed by atoms with Crippen molar-refractivity contribution in [2.24, 2.45) is 5.73 Å². The summed E-state index contributed by atoms with van der Waals surface area (Å²) in [4.78, 5) is 42.0. The van der Waals surface area contributed by atoms with Gasteiger partial charge in [0.2, 0.25) is 5.91 Å². The van der Waals surface area contributed by atoms with Gasteiger partial charge in [0.15, 0.2) is 17.2 Å². The zero-order chi connectivity index (χ0) is 26.5. The van der Waals surface area contributed by atoms with Gasteiger partial charge in [-0.2, -0.15) is 4.37 Å². The van der Waals surface area contributed by atoms with Crippen LogP contribution < -0.4 is 26.3 Å². The summed E-state index contributed by atoms with van der Waals surface area (Å²) in [7, 11) is 3.03. The Balaban J connectivity index is 1.81. The average molecular weight is 544 g/mol. The Kier molecular flexibility index (Phi) is 8.29. The van der Waals surface area contributed by atoms with Crippen LogP contribution in [-0.2, 0) is 11.3 Å². The maximum atomic E-state index is 14.0. The summed E-state index contributed by atoms with van der Waals surface area (Å²) in [5, 5.41) is 5.03. The first-order chi connectivity index (χ1) is 17.8. The third-order valence-corrected chi connectivity index (χ3v) is 8.02. The molecule has 37 heavy (non-hydrogen) atoms. The van der Waals surface area contributed by atoms with Gasteiger partial charge in [-0.05, 0) is 53.5 Å². The van der Waals surface area contributed by atoms with Crippen molar-refractivity contribution in [2.75, 3.05) is 20.0 Å². The Morgan fingerprint density at radius 1 is 1.16 bits per heavy atom. The number of hydrogen-bond acceptors (Lipinski definition) is 9. The molecule has 0 saturated heterocycles. The van der Waals surface area contributed by atoms with E-state index in [-0.39, 0.29) is 34.8 Å². The maximum absolute atomic E-state index is 14.0. The Hall–Kier alpha value is -3.64. The molecule has 4 rings (SSSR count). The van der Waals surface area contributed by atoms with E-state index in [1.54, 1.807) is 18.2 Å². The van der Waals surface area contributed by atoms with Gasteiger partial charge in [-0.25, -0.2) is 0 Å². The van der Waals surface area contributed by atoms with Crippen LogP contribution in [-0.4, -0.2) is 47.3 Å². The highest BCUT2D eigenvalue weighted by molar-refractivity contribution is 7.10. The van der Waals surface area contributed by atoms with Crippen molar-refractivity contribution in [3.05, 3.63) is 56.7 Å². The number of rotatable bonds is 10. The van der Waals surface area contributed by atoms with E-state index in [9.17, 15) is 14.4 Å². The average Bonchev–Trinajstić information content (AvgIpc) is 3.66. The first kappa shape index (κ1) is 26.4. The number of amides is 3. The van der Waals surface area contributed by atoms with Gasteiger partial charge in [-0.1, -0.05) is 25.0 Å². The molecule has 0 radical (unpaired) electrons. The standard InChI is InChI=1S/C25H29N5O5S2/c1-34-17-10-9-14(12-18(17)35-2)21(24(32)28-15-6-3-4-7-15)30(13-16-8-5-11-36-16)25(33)22-19(26)20(23(27)31)29-37-22/h5,8-12,15,21H,3-4,6-7,13,26H2,1-2H3,(H2,27,31)(H,28,32)/t21-/m1/s1. The van der Waals surface area contributed by atoms with Gasteiger partial charge >= 0.3 is 0 Å². The fourth-order valence-corrected chi connectivity index (χ4v) is 5.92. The van der Waals surface area contributed by atoms with Crippen LogP contribution in [0.15, 0.2) is 35.7 Å². The summed E-state index contributed by atoms with van der Waals surface area (Å²) in [6, 6.07) is 7.90. The molecule has 2 aromatic heterocycles. The summed E-state index contributed by atoms with van der Waals surface area (Å²) >= 11 is 2.25. The largest absolute Gasteiger partial charge is 0.493 e. The number of aromatic nitrogens is 1. The molecule has 0 unspecified atom stereocenters. The highest BCUT2D eigenvalue weighted by atomic mass is 32.1. The van der Waals surface area contributed by atoms with E-state index in [1.807, 2.05) is 17.5 Å². The van der Waals surface area contributed by atoms with Crippen LogP contribution in [0.3, 0.4) is 0 Å². The van der Waals surface area contributed by atoms with Crippen LogP contribution in [0, 0.1) is 0 Å². The van der Waals surface area contributed by atoms with Crippen molar-refractivity contribution in [3.63, 3.8) is 0 Å². The fourth-order valence-electron chi connectivity index (χ4n) is 4.46. The number of carbonyl (C=O) groups is 3. The summed E-state index contributed by atoms with van der Waals surface area (Å²) in [5.74, 6) is -0.752. The Labute approximate surface area is 222 Å². The molecule has 1 aliphatic carbocycles. The molecule has 196 valence electrons. The van der Waals surface area contributed by atoms with Gasteiger partial charge in [0.1, 0.15) is 10.9 Å². The molecule has 1 saturated carbocycles. The molecule has 5 N–H and O–H groups in total. The van der Waals surface area contributed by atoms with Crippen molar-refractivity contribution >= 4 is 46.3 Å². The molecular formula is C25H29N5O5S2. The minimum absolute atomic E-state index is 0.0313. The topological polar surface area (TPSA) is 150 Å². The maximum Gasteiger partial charge on any atom is 0.270 e. The Morgan fingerprint density at radius 3 is 2.49 bits per heavy atom. The Morgan fingerprint density at radius 2 is 1.89 bits per heavy atom. The number of nitrogens with one attached hydrogen (secondary N) is 1. The number of thiophene rings is 1. The molecule has 1 aromatic carbocycles. The third-order valence-electron chi connectivity index (χ3n) is 6.31. The molecule has 3 amide bonds. The molecule has 1 fully saturated rings. The van der Waals surface area contributed by atoms with Gasteiger partial charge in [0.25, 0.3) is 11.8 Å². The lowest BCUT2D eigenvalue weighted by atomic mass is 10.0. The summed E-state index contributed by atoms with van der Waals surface area (Å²) in [6.45, 7) is 0.136. The molecule has 2 heterocycles. The lowest BCUT2D eigenvalue weighted by Gasteiger charge is -2.32. The first-order valence-electron chi connectivity index (χ1n) is 11.7. The SMILES string of the molecule is COc1ccc([C@H](C(=O)NC2CCCC2)N(Cc2cccs2)C(=O)c2snc(C(N)=O)c2N)cc1OC. The van der Waals surface area contributed by atoms with Crippen LogP contribution in [0.5, 0.6) is 11.5 Å². The zero-order valence-corrected chi connectivity index (χ0v) is 22.2. The third kappa shape index (κ3) is 5.70. The molecular weight excluding hydrogens is 514 g/mol. The first-order valence-corrected chi connectivity index (χ1v) is 13.4. The van der Waals surface area contributed by atoms with Crippen molar-refractivity contribution in [1.82, 2.24) is 14.6 Å². The number of nitrogen functional groups attached to an aromatic ring is 1. The zero-order valence-electron chi connectivity index (χ0n) is 20.6. The minimum atomic E-state index is -1.02. The molecule has 3 aromatic rings. The second-order valence-corrected chi connectivity index (χ2v) is 10.5. The number of benzene rings is 1. The molecule has 0 spiro atoms. The number of ether oxygens (including phenoxy) is 2. The normalized spacial score (nSPS) is 14.2.